The third-order valence-electron chi connectivity index (χ3n) is 14.1. The van der Waals surface area contributed by atoms with Gasteiger partial charge in [0, 0.05) is 95.0 Å². The SMILES string of the molecule is CN1c2ccccc2C(=Cc2cccc(COC(=O)CCCCC3CSSC3)c2-c2c(C=C3c4ccccc4N(C)c4ccccc43)cccc2COC(=O)CCCCC2CSSC2)c2ccccc21. The smallest absolute Gasteiger partial charge is 0.306 e. The van der Waals surface area contributed by atoms with E-state index < -0.39 is 0 Å². The molecule has 0 aliphatic carbocycles. The van der Waals surface area contributed by atoms with Crippen LogP contribution >= 0.6 is 43.2 Å². The molecular weight excluding hydrogens is 941 g/mol. The van der Waals surface area contributed by atoms with Crippen LogP contribution in [-0.4, -0.2) is 49.0 Å². The zero-order chi connectivity index (χ0) is 47.8. The highest BCUT2D eigenvalue weighted by Crippen LogP contribution is 2.49. The van der Waals surface area contributed by atoms with Crippen molar-refractivity contribution >= 4 is 101 Å². The molecule has 0 bridgehead atoms. The molecular formula is C60H60N2O4S4. The summed E-state index contributed by atoms with van der Waals surface area (Å²) < 4.78 is 12.5. The minimum atomic E-state index is -0.183. The first-order valence-electron chi connectivity index (χ1n) is 24.7. The van der Waals surface area contributed by atoms with Crippen molar-refractivity contribution in [2.45, 2.75) is 64.6 Å². The van der Waals surface area contributed by atoms with Crippen LogP contribution < -0.4 is 9.80 Å². The number of esters is 2. The molecule has 0 saturated carbocycles. The first-order valence-corrected chi connectivity index (χ1v) is 29.7. The minimum absolute atomic E-state index is 0.107. The molecule has 0 N–H and O–H groups in total. The zero-order valence-corrected chi connectivity index (χ0v) is 43.3. The Labute approximate surface area is 429 Å². The summed E-state index contributed by atoms with van der Waals surface area (Å²) in [6.07, 6.45) is 11.4. The van der Waals surface area contributed by atoms with Crippen molar-refractivity contribution in [1.29, 1.82) is 0 Å². The van der Waals surface area contributed by atoms with Gasteiger partial charge in [0.1, 0.15) is 13.2 Å². The average molecular weight is 1000 g/mol. The number of anilines is 4. The van der Waals surface area contributed by atoms with Gasteiger partial charge in [0.25, 0.3) is 0 Å². The number of para-hydroxylation sites is 4. The maximum Gasteiger partial charge on any atom is 0.306 e. The van der Waals surface area contributed by atoms with Gasteiger partial charge in [0.05, 0.1) is 0 Å². The number of unbranched alkanes of at least 4 members (excludes halogenated alkanes) is 2. The summed E-state index contributed by atoms with van der Waals surface area (Å²) in [5, 5.41) is 0. The van der Waals surface area contributed by atoms with E-state index in [9.17, 15) is 9.59 Å². The number of rotatable bonds is 17. The standard InChI is InChI=1S/C60H60N2O4S4/c1-61-53-27-9-5-23-47(53)51(48-24-6-10-28-54(48)61)33-43-19-15-21-45(35-65-57(63)31-13-3-17-41-37-67-68-38-41)59(43)60-44(20-16-22-46(60)36-66-58(64)32-14-4-18-42-39-69-70-40-42)34-52-49-25-7-11-29-55(49)62(2)56-30-12-8-26-50(52)56/h5-12,15-16,19-30,33-34,41-42H,3-4,13-14,17-18,31-32,35-40H2,1-2H3. The Balaban J connectivity index is 1.09. The quantitative estimate of drug-likeness (QED) is 0.0502. The summed E-state index contributed by atoms with van der Waals surface area (Å²) in [7, 11) is 12.1. The van der Waals surface area contributed by atoms with Gasteiger partial charge >= 0.3 is 11.9 Å². The number of benzene rings is 6. The van der Waals surface area contributed by atoms with Gasteiger partial charge in [-0.1, -0.05) is 165 Å². The molecule has 10 rings (SSSR count). The van der Waals surface area contributed by atoms with E-state index in [0.29, 0.717) is 12.8 Å². The highest BCUT2D eigenvalue weighted by Gasteiger charge is 2.28. The van der Waals surface area contributed by atoms with Crippen LogP contribution in [-0.2, 0) is 32.3 Å². The van der Waals surface area contributed by atoms with E-state index in [0.717, 1.165) is 140 Å². The molecule has 4 aliphatic rings. The fourth-order valence-electron chi connectivity index (χ4n) is 10.4. The summed E-state index contributed by atoms with van der Waals surface area (Å²) in [6.45, 7) is 0.213. The monoisotopic (exact) mass is 1000 g/mol. The van der Waals surface area contributed by atoms with Crippen LogP contribution in [0.5, 0.6) is 0 Å². The van der Waals surface area contributed by atoms with Gasteiger partial charge in [-0.2, -0.15) is 0 Å². The van der Waals surface area contributed by atoms with Crippen molar-refractivity contribution in [1.82, 2.24) is 0 Å². The minimum Gasteiger partial charge on any atom is -0.461 e. The number of ether oxygens (including phenoxy) is 2. The van der Waals surface area contributed by atoms with Gasteiger partial charge in [0.2, 0.25) is 0 Å². The van der Waals surface area contributed by atoms with Gasteiger partial charge in [-0.05, 0) is 118 Å². The van der Waals surface area contributed by atoms with Crippen LogP contribution in [0.4, 0.5) is 22.7 Å². The van der Waals surface area contributed by atoms with Crippen LogP contribution in [0.1, 0.15) is 95.9 Å². The van der Waals surface area contributed by atoms with Gasteiger partial charge in [-0.25, -0.2) is 0 Å². The highest BCUT2D eigenvalue weighted by molar-refractivity contribution is 8.77. The fourth-order valence-corrected chi connectivity index (χ4v) is 16.4. The van der Waals surface area contributed by atoms with E-state index in [1.807, 2.05) is 43.2 Å². The van der Waals surface area contributed by atoms with Crippen molar-refractivity contribution in [2.75, 3.05) is 46.9 Å². The lowest BCUT2D eigenvalue weighted by molar-refractivity contribution is -0.146. The van der Waals surface area contributed by atoms with Crippen molar-refractivity contribution < 1.29 is 19.1 Å². The number of carbonyl (C=O) groups excluding carboxylic acids is 2. The van der Waals surface area contributed by atoms with Crippen molar-refractivity contribution in [3.05, 3.63) is 178 Å². The Bertz CT molecular complexity index is 2620. The molecule has 2 saturated heterocycles. The van der Waals surface area contributed by atoms with E-state index in [1.54, 1.807) is 0 Å². The van der Waals surface area contributed by atoms with Crippen molar-refractivity contribution in [2.24, 2.45) is 11.8 Å². The maximum absolute atomic E-state index is 13.7. The Kier molecular flexibility index (Phi) is 15.8. The molecule has 0 amide bonds. The van der Waals surface area contributed by atoms with E-state index in [1.165, 1.54) is 23.0 Å². The Morgan fingerprint density at radius 1 is 0.471 bits per heavy atom. The Morgan fingerprint density at radius 3 is 1.17 bits per heavy atom. The summed E-state index contributed by atoms with van der Waals surface area (Å²) in [5.74, 6) is 5.90. The average Bonchev–Trinajstić information content (AvgIpc) is 4.14. The molecule has 0 radical (unpaired) electrons. The lowest BCUT2D eigenvalue weighted by atomic mass is 9.83. The third kappa shape index (κ3) is 10.8. The summed E-state index contributed by atoms with van der Waals surface area (Å²) in [6, 6.07) is 47.0. The van der Waals surface area contributed by atoms with Crippen molar-refractivity contribution in [3.8, 4) is 11.1 Å². The van der Waals surface area contributed by atoms with Gasteiger partial charge in [0.15, 0.2) is 0 Å². The Hall–Kier alpha value is -5.26. The molecule has 0 atom stereocenters. The molecule has 6 nitrogen and oxygen atoms in total. The molecule has 10 heteroatoms. The number of nitrogens with zero attached hydrogens (tertiary/aromatic N) is 2. The number of fused-ring (bicyclic) bond motifs is 4. The van der Waals surface area contributed by atoms with Crippen LogP contribution in [0.25, 0.3) is 34.4 Å². The molecule has 0 aromatic heterocycles. The zero-order valence-electron chi connectivity index (χ0n) is 40.1. The normalized spacial score (nSPS) is 15.3. The molecule has 6 aromatic carbocycles. The lowest BCUT2D eigenvalue weighted by Gasteiger charge is -2.32. The van der Waals surface area contributed by atoms with Crippen LogP contribution in [0.15, 0.2) is 133 Å². The van der Waals surface area contributed by atoms with Crippen LogP contribution in [0.3, 0.4) is 0 Å². The van der Waals surface area contributed by atoms with Gasteiger partial charge < -0.3 is 19.3 Å². The third-order valence-corrected chi connectivity index (χ3v) is 19.5. The molecule has 0 unspecified atom stereocenters. The first-order chi connectivity index (χ1) is 34.4. The maximum atomic E-state index is 13.7. The van der Waals surface area contributed by atoms with E-state index >= 15 is 0 Å². The second-order valence-electron chi connectivity index (χ2n) is 18.7. The topological polar surface area (TPSA) is 59.1 Å². The van der Waals surface area contributed by atoms with E-state index in [-0.39, 0.29) is 25.2 Å². The molecule has 70 heavy (non-hydrogen) atoms. The van der Waals surface area contributed by atoms with Crippen molar-refractivity contribution in [3.63, 3.8) is 0 Å². The number of carbonyl (C=O) groups is 2. The number of hydrogen-bond donors (Lipinski definition) is 0. The molecule has 4 aliphatic heterocycles. The lowest BCUT2D eigenvalue weighted by Crippen LogP contribution is -2.18. The highest BCUT2D eigenvalue weighted by atomic mass is 33.1. The van der Waals surface area contributed by atoms with Gasteiger partial charge in [-0.15, -0.1) is 0 Å². The first kappa shape index (κ1) is 48.4. The molecule has 2 fully saturated rings. The van der Waals surface area contributed by atoms with Crippen LogP contribution in [0, 0.1) is 11.8 Å². The molecule has 6 aromatic rings. The van der Waals surface area contributed by atoms with E-state index in [2.05, 4.69) is 170 Å². The second-order valence-corrected chi connectivity index (χ2v) is 23.9. The second kappa shape index (κ2) is 22.9. The molecule has 358 valence electrons. The fraction of sp³-hybridized carbons (Fsp3) is 0.300. The van der Waals surface area contributed by atoms with Crippen LogP contribution in [0.2, 0.25) is 0 Å². The van der Waals surface area contributed by atoms with E-state index in [4.69, 9.17) is 9.47 Å². The predicted molar refractivity (Wildman–Crippen MR) is 301 cm³/mol. The largest absolute Gasteiger partial charge is 0.461 e. The summed E-state index contributed by atoms with van der Waals surface area (Å²) >= 11 is 0. The molecule has 4 heterocycles. The summed E-state index contributed by atoms with van der Waals surface area (Å²) in [5.41, 5.74) is 16.9. The number of hydrogen-bond acceptors (Lipinski definition) is 10. The molecule has 0 spiro atoms. The predicted octanol–water partition coefficient (Wildman–Crippen LogP) is 15.9. The summed E-state index contributed by atoms with van der Waals surface area (Å²) in [4.78, 5) is 31.9. The van der Waals surface area contributed by atoms with Gasteiger partial charge in [-0.3, -0.25) is 9.59 Å². The Morgan fingerprint density at radius 2 is 0.814 bits per heavy atom.